The van der Waals surface area contributed by atoms with Crippen LogP contribution in [0.5, 0.6) is 5.88 Å². The summed E-state index contributed by atoms with van der Waals surface area (Å²) in [4.78, 5) is 7.83. The van der Waals surface area contributed by atoms with Crippen molar-refractivity contribution in [2.75, 3.05) is 32.7 Å². The van der Waals surface area contributed by atoms with Gasteiger partial charge in [0.15, 0.2) is 0 Å². The summed E-state index contributed by atoms with van der Waals surface area (Å²) in [6, 6.07) is 1.65. The fourth-order valence-electron chi connectivity index (χ4n) is 1.02. The van der Waals surface area contributed by atoms with Gasteiger partial charge in [-0.2, -0.15) is 0 Å². The van der Waals surface area contributed by atoms with Crippen molar-refractivity contribution >= 4 is 5.82 Å². The van der Waals surface area contributed by atoms with Gasteiger partial charge in [-0.05, 0) is 0 Å². The molecule has 0 aliphatic heterocycles. The number of hydrogen-bond donors (Lipinski definition) is 2. The highest BCUT2D eigenvalue weighted by Crippen LogP contribution is 2.09. The van der Waals surface area contributed by atoms with Gasteiger partial charge in [0.1, 0.15) is 12.1 Å². The maximum atomic E-state index is 9.37. The lowest BCUT2D eigenvalue weighted by Gasteiger charge is -2.11. The molecule has 0 saturated carbocycles. The van der Waals surface area contributed by atoms with E-state index in [0.717, 1.165) is 0 Å². The lowest BCUT2D eigenvalue weighted by Crippen LogP contribution is -2.24. The lowest BCUT2D eigenvalue weighted by molar-refractivity contribution is 0.0727. The Kier molecular flexibility index (Phi) is 4.79. The number of aliphatic hydroxyl groups is 1. The Hall–Kier alpha value is -1.40. The Morgan fingerprint density at radius 2 is 2.27 bits per heavy atom. The largest absolute Gasteiger partial charge is 0.481 e. The molecule has 0 fully saturated rings. The van der Waals surface area contributed by atoms with E-state index in [-0.39, 0.29) is 6.61 Å². The Bertz CT molecular complexity index is 296. The monoisotopic (exact) mass is 213 g/mol. The van der Waals surface area contributed by atoms with Crippen LogP contribution in [0, 0.1) is 0 Å². The van der Waals surface area contributed by atoms with Crippen LogP contribution in [0.3, 0.4) is 0 Å². The molecule has 6 heteroatoms. The third kappa shape index (κ3) is 4.09. The first kappa shape index (κ1) is 11.7. The lowest BCUT2D eigenvalue weighted by atomic mass is 10.4. The van der Waals surface area contributed by atoms with Crippen molar-refractivity contribution in [3.8, 4) is 5.88 Å². The summed E-state index contributed by atoms with van der Waals surface area (Å²) in [5.74, 6) is 1.09. The van der Waals surface area contributed by atoms with Gasteiger partial charge >= 0.3 is 0 Å². The standard InChI is InChI=1S/C9H15N3O3/c1-14-5-7(13)4-10-8-3-9(15-2)12-6-11-8/h3,6-7,13H,4-5H2,1-2H3,(H,10,11,12). The van der Waals surface area contributed by atoms with E-state index in [1.165, 1.54) is 20.5 Å². The van der Waals surface area contributed by atoms with E-state index in [9.17, 15) is 5.11 Å². The molecule has 1 unspecified atom stereocenters. The van der Waals surface area contributed by atoms with Crippen molar-refractivity contribution < 1.29 is 14.6 Å². The van der Waals surface area contributed by atoms with E-state index < -0.39 is 6.10 Å². The first-order valence-electron chi connectivity index (χ1n) is 4.53. The number of rotatable bonds is 6. The number of aliphatic hydroxyl groups excluding tert-OH is 1. The second-order valence-corrected chi connectivity index (χ2v) is 2.94. The van der Waals surface area contributed by atoms with Crippen LogP contribution in [-0.2, 0) is 4.74 Å². The molecule has 84 valence electrons. The average molecular weight is 213 g/mol. The van der Waals surface area contributed by atoms with E-state index in [1.54, 1.807) is 6.07 Å². The van der Waals surface area contributed by atoms with Crippen molar-refractivity contribution in [2.45, 2.75) is 6.10 Å². The van der Waals surface area contributed by atoms with Crippen molar-refractivity contribution in [3.63, 3.8) is 0 Å². The van der Waals surface area contributed by atoms with Gasteiger partial charge in [0.2, 0.25) is 5.88 Å². The molecule has 0 aliphatic carbocycles. The zero-order valence-corrected chi connectivity index (χ0v) is 8.80. The maximum Gasteiger partial charge on any atom is 0.218 e. The number of hydrogen-bond acceptors (Lipinski definition) is 6. The zero-order valence-electron chi connectivity index (χ0n) is 8.80. The molecule has 1 aromatic rings. The molecule has 0 aromatic carbocycles. The van der Waals surface area contributed by atoms with Gasteiger partial charge in [0.05, 0.1) is 19.8 Å². The molecular weight excluding hydrogens is 198 g/mol. The first-order valence-corrected chi connectivity index (χ1v) is 4.53. The van der Waals surface area contributed by atoms with Crippen molar-refractivity contribution in [1.82, 2.24) is 9.97 Å². The van der Waals surface area contributed by atoms with E-state index in [4.69, 9.17) is 9.47 Å². The van der Waals surface area contributed by atoms with Crippen LogP contribution >= 0.6 is 0 Å². The summed E-state index contributed by atoms with van der Waals surface area (Å²) in [7, 11) is 3.07. The number of methoxy groups -OCH3 is 2. The number of nitrogens with zero attached hydrogens (tertiary/aromatic N) is 2. The van der Waals surface area contributed by atoms with E-state index in [0.29, 0.717) is 18.2 Å². The first-order chi connectivity index (χ1) is 7.26. The predicted molar refractivity (Wildman–Crippen MR) is 55.0 cm³/mol. The third-order valence-electron chi connectivity index (χ3n) is 1.73. The zero-order chi connectivity index (χ0) is 11.1. The Labute approximate surface area is 88.3 Å². The number of nitrogens with one attached hydrogen (secondary N) is 1. The van der Waals surface area contributed by atoms with E-state index >= 15 is 0 Å². The highest BCUT2D eigenvalue weighted by atomic mass is 16.5. The quantitative estimate of drug-likeness (QED) is 0.687. The summed E-state index contributed by atoms with van der Waals surface area (Å²) in [5, 5.41) is 12.3. The molecule has 0 radical (unpaired) electrons. The number of anilines is 1. The highest BCUT2D eigenvalue weighted by Gasteiger charge is 2.04. The third-order valence-corrected chi connectivity index (χ3v) is 1.73. The van der Waals surface area contributed by atoms with Gasteiger partial charge in [-0.3, -0.25) is 0 Å². The SMILES string of the molecule is COCC(O)CNc1cc(OC)ncn1. The van der Waals surface area contributed by atoms with Crippen LogP contribution in [0.1, 0.15) is 0 Å². The smallest absolute Gasteiger partial charge is 0.218 e. The molecule has 0 bridgehead atoms. The Morgan fingerprint density at radius 1 is 1.47 bits per heavy atom. The minimum atomic E-state index is -0.559. The second-order valence-electron chi connectivity index (χ2n) is 2.94. The second kappa shape index (κ2) is 6.15. The predicted octanol–water partition coefficient (Wildman–Crippen LogP) is -0.0956. The van der Waals surface area contributed by atoms with Gasteiger partial charge in [-0.25, -0.2) is 9.97 Å². The molecule has 6 nitrogen and oxygen atoms in total. The molecule has 0 saturated heterocycles. The van der Waals surface area contributed by atoms with Gasteiger partial charge in [-0.1, -0.05) is 0 Å². The van der Waals surface area contributed by atoms with Crippen LogP contribution in [0.4, 0.5) is 5.82 Å². The Morgan fingerprint density at radius 3 is 2.93 bits per heavy atom. The maximum absolute atomic E-state index is 9.37. The molecule has 0 aliphatic rings. The summed E-state index contributed by atoms with van der Waals surface area (Å²) < 4.78 is 9.72. The topological polar surface area (TPSA) is 76.5 Å². The summed E-state index contributed by atoms with van der Waals surface area (Å²) >= 11 is 0. The van der Waals surface area contributed by atoms with Crippen LogP contribution in [-0.4, -0.2) is 48.5 Å². The fraction of sp³-hybridized carbons (Fsp3) is 0.556. The minimum Gasteiger partial charge on any atom is -0.481 e. The van der Waals surface area contributed by atoms with Crippen LogP contribution in [0.2, 0.25) is 0 Å². The van der Waals surface area contributed by atoms with Crippen LogP contribution in [0.15, 0.2) is 12.4 Å². The fourth-order valence-corrected chi connectivity index (χ4v) is 1.02. The number of aromatic nitrogens is 2. The normalized spacial score (nSPS) is 12.2. The van der Waals surface area contributed by atoms with E-state index in [1.807, 2.05) is 0 Å². The van der Waals surface area contributed by atoms with Gasteiger partial charge in [0, 0.05) is 19.7 Å². The van der Waals surface area contributed by atoms with Crippen LogP contribution < -0.4 is 10.1 Å². The minimum absolute atomic E-state index is 0.287. The molecule has 15 heavy (non-hydrogen) atoms. The molecule has 0 spiro atoms. The molecule has 1 rings (SSSR count). The van der Waals surface area contributed by atoms with Crippen molar-refractivity contribution in [3.05, 3.63) is 12.4 Å². The molecule has 1 atom stereocenters. The summed E-state index contributed by atoms with van der Waals surface area (Å²) in [6.45, 7) is 0.656. The Balaban J connectivity index is 2.43. The van der Waals surface area contributed by atoms with Crippen molar-refractivity contribution in [1.29, 1.82) is 0 Å². The highest BCUT2D eigenvalue weighted by molar-refractivity contribution is 5.36. The molecule has 0 amide bonds. The molecule has 2 N–H and O–H groups in total. The summed E-state index contributed by atoms with van der Waals surface area (Å²) in [5.41, 5.74) is 0. The van der Waals surface area contributed by atoms with Crippen LogP contribution in [0.25, 0.3) is 0 Å². The van der Waals surface area contributed by atoms with Crippen molar-refractivity contribution in [2.24, 2.45) is 0 Å². The van der Waals surface area contributed by atoms with Gasteiger partial charge < -0.3 is 19.9 Å². The van der Waals surface area contributed by atoms with E-state index in [2.05, 4.69) is 15.3 Å². The average Bonchev–Trinajstić information content (AvgIpc) is 2.27. The molecule has 1 aromatic heterocycles. The molecular formula is C9H15N3O3. The summed E-state index contributed by atoms with van der Waals surface area (Å²) in [6.07, 6.45) is 0.833. The van der Waals surface area contributed by atoms with Gasteiger partial charge in [0.25, 0.3) is 0 Å². The molecule has 1 heterocycles. The number of ether oxygens (including phenoxy) is 2. The van der Waals surface area contributed by atoms with Gasteiger partial charge in [-0.15, -0.1) is 0 Å².